The highest BCUT2D eigenvalue weighted by atomic mass is 19.4. The maximum Gasteiger partial charge on any atom is 0.416 e. The van der Waals surface area contributed by atoms with E-state index in [1.165, 1.54) is 0 Å². The maximum absolute atomic E-state index is 13.0. The fraction of sp³-hybridized carbons (Fsp3) is 0.600. The quantitative estimate of drug-likeness (QED) is 0.622. The number of benzene rings is 1. The highest BCUT2D eigenvalue weighted by Crippen LogP contribution is 2.31. The summed E-state index contributed by atoms with van der Waals surface area (Å²) >= 11 is 0. The molecule has 0 bridgehead atoms. The lowest BCUT2D eigenvalue weighted by atomic mass is 9.96. The highest BCUT2D eigenvalue weighted by Gasteiger charge is 2.34. The number of β-amino-alcohol motifs (C(OH)–C–C–N with tert-alkyl or cyclic N) is 1. The first-order chi connectivity index (χ1) is 14.2. The third-order valence-electron chi connectivity index (χ3n) is 5.62. The molecule has 2 atom stereocenters. The summed E-state index contributed by atoms with van der Waals surface area (Å²) in [6.45, 7) is 0.608. The van der Waals surface area contributed by atoms with Crippen molar-refractivity contribution >= 4 is 11.8 Å². The first-order valence-electron chi connectivity index (χ1n) is 9.93. The minimum atomic E-state index is -4.66. The molecule has 0 spiro atoms. The predicted octanol–water partition coefficient (Wildman–Crippen LogP) is 1.87. The number of likely N-dealkylation sites (tertiary alicyclic amines) is 1. The molecular weight excluding hydrogens is 406 g/mol. The minimum absolute atomic E-state index is 0.0447. The summed E-state index contributed by atoms with van der Waals surface area (Å²) in [5, 5.41) is 15.2. The standard InChI is InChI=1S/C20H25F4N3O3/c21-9-13-5-14(7-15(6-13)20(22,23)24)18(29)26-10-12-1-3-27(4-2-12)19(30)17-8-16(28)11-25-17/h5-7,12,16-17,25,28H,1-4,8-11H2,(H,26,29)/t16-,17?/m1/s1. The first-order valence-corrected chi connectivity index (χ1v) is 9.93. The van der Waals surface area contributed by atoms with Crippen molar-refractivity contribution in [3.05, 3.63) is 34.9 Å². The SMILES string of the molecule is O=C(NCC1CCN(C(=O)C2C[C@@H](O)CN2)CC1)c1cc(CF)cc(C(F)(F)F)c1. The van der Waals surface area contributed by atoms with Crippen LogP contribution in [0.5, 0.6) is 0 Å². The number of rotatable bonds is 5. The van der Waals surface area contributed by atoms with Gasteiger partial charge in [0.25, 0.3) is 5.91 Å². The first kappa shape index (κ1) is 22.5. The van der Waals surface area contributed by atoms with Gasteiger partial charge < -0.3 is 20.6 Å². The van der Waals surface area contributed by atoms with E-state index >= 15 is 0 Å². The number of hydrogen-bond donors (Lipinski definition) is 3. The number of carbonyl (C=O) groups excluding carboxylic acids is 2. The second-order valence-electron chi connectivity index (χ2n) is 7.88. The average Bonchev–Trinajstić information content (AvgIpc) is 3.17. The number of aliphatic hydroxyl groups is 1. The smallest absolute Gasteiger partial charge is 0.392 e. The Morgan fingerprint density at radius 1 is 1.20 bits per heavy atom. The van der Waals surface area contributed by atoms with E-state index in [1.54, 1.807) is 4.90 Å². The normalized spacial score (nSPS) is 22.9. The van der Waals surface area contributed by atoms with Crippen LogP contribution in [0.4, 0.5) is 17.6 Å². The third kappa shape index (κ3) is 5.48. The van der Waals surface area contributed by atoms with Gasteiger partial charge in [-0.05, 0) is 48.9 Å². The number of aliphatic hydroxyl groups excluding tert-OH is 1. The van der Waals surface area contributed by atoms with Crippen LogP contribution >= 0.6 is 0 Å². The van der Waals surface area contributed by atoms with Gasteiger partial charge in [0.1, 0.15) is 6.67 Å². The number of piperidine rings is 1. The van der Waals surface area contributed by atoms with Crippen LogP contribution < -0.4 is 10.6 Å². The molecule has 6 nitrogen and oxygen atoms in total. The van der Waals surface area contributed by atoms with E-state index in [0.717, 1.165) is 12.1 Å². The number of nitrogens with zero attached hydrogens (tertiary/aromatic N) is 1. The summed E-state index contributed by atoms with van der Waals surface area (Å²) in [4.78, 5) is 26.5. The largest absolute Gasteiger partial charge is 0.416 e. The lowest BCUT2D eigenvalue weighted by molar-refractivity contribution is -0.137. The number of nitrogens with one attached hydrogen (secondary N) is 2. The molecule has 10 heteroatoms. The second kappa shape index (κ2) is 9.30. The van der Waals surface area contributed by atoms with E-state index in [1.807, 2.05) is 0 Å². The van der Waals surface area contributed by atoms with E-state index in [0.29, 0.717) is 45.0 Å². The molecule has 2 fully saturated rings. The van der Waals surface area contributed by atoms with Gasteiger partial charge in [-0.25, -0.2) is 4.39 Å². The fourth-order valence-electron chi connectivity index (χ4n) is 3.89. The molecule has 3 N–H and O–H groups in total. The second-order valence-corrected chi connectivity index (χ2v) is 7.88. The molecule has 2 aliphatic heterocycles. The number of alkyl halides is 4. The van der Waals surface area contributed by atoms with Crippen molar-refractivity contribution in [3.8, 4) is 0 Å². The van der Waals surface area contributed by atoms with Gasteiger partial charge in [-0.15, -0.1) is 0 Å². The summed E-state index contributed by atoms with van der Waals surface area (Å²) in [5.74, 6) is -0.637. The Balaban J connectivity index is 1.51. The fourth-order valence-corrected chi connectivity index (χ4v) is 3.89. The Kier molecular flexibility index (Phi) is 6.97. The lowest BCUT2D eigenvalue weighted by Gasteiger charge is -2.33. The molecule has 0 radical (unpaired) electrons. The van der Waals surface area contributed by atoms with Crippen molar-refractivity contribution in [3.63, 3.8) is 0 Å². The summed E-state index contributed by atoms with van der Waals surface area (Å²) < 4.78 is 51.8. The van der Waals surface area contributed by atoms with Crippen LogP contribution in [0.15, 0.2) is 18.2 Å². The molecule has 1 aromatic carbocycles. The van der Waals surface area contributed by atoms with Crippen molar-refractivity contribution in [2.75, 3.05) is 26.2 Å². The zero-order valence-electron chi connectivity index (χ0n) is 16.3. The Morgan fingerprint density at radius 3 is 2.47 bits per heavy atom. The van der Waals surface area contributed by atoms with Crippen molar-refractivity contribution in [1.29, 1.82) is 0 Å². The van der Waals surface area contributed by atoms with Gasteiger partial charge in [-0.1, -0.05) is 0 Å². The molecule has 0 aromatic heterocycles. The van der Waals surface area contributed by atoms with Crippen LogP contribution in [0.25, 0.3) is 0 Å². The van der Waals surface area contributed by atoms with Gasteiger partial charge in [-0.3, -0.25) is 9.59 Å². The van der Waals surface area contributed by atoms with E-state index in [4.69, 9.17) is 0 Å². The number of hydrogen-bond acceptors (Lipinski definition) is 4. The summed E-state index contributed by atoms with van der Waals surface area (Å²) in [6.07, 6.45) is -3.48. The van der Waals surface area contributed by atoms with E-state index in [2.05, 4.69) is 10.6 Å². The Labute approximate surface area is 171 Å². The topological polar surface area (TPSA) is 81.7 Å². The molecule has 0 aliphatic carbocycles. The van der Waals surface area contributed by atoms with Crippen molar-refractivity contribution in [2.45, 2.75) is 44.3 Å². The number of halogens is 4. The summed E-state index contributed by atoms with van der Waals surface area (Å²) in [7, 11) is 0. The molecule has 30 heavy (non-hydrogen) atoms. The van der Waals surface area contributed by atoms with Crippen molar-refractivity contribution in [1.82, 2.24) is 15.5 Å². The summed E-state index contributed by atoms with van der Waals surface area (Å²) in [6, 6.07) is 2.16. The zero-order chi connectivity index (χ0) is 21.9. The predicted molar refractivity (Wildman–Crippen MR) is 100 cm³/mol. The van der Waals surface area contributed by atoms with Crippen LogP contribution in [0, 0.1) is 5.92 Å². The third-order valence-corrected chi connectivity index (χ3v) is 5.62. The van der Waals surface area contributed by atoms with Crippen LogP contribution in [-0.2, 0) is 17.6 Å². The van der Waals surface area contributed by atoms with Crippen LogP contribution in [0.3, 0.4) is 0 Å². The molecular formula is C20H25F4N3O3. The number of amides is 2. The van der Waals surface area contributed by atoms with Gasteiger partial charge in [0.2, 0.25) is 5.91 Å². The Morgan fingerprint density at radius 2 is 1.90 bits per heavy atom. The maximum atomic E-state index is 13.0. The van der Waals surface area contributed by atoms with Gasteiger partial charge in [0.15, 0.2) is 0 Å². The molecule has 166 valence electrons. The minimum Gasteiger partial charge on any atom is -0.392 e. The van der Waals surface area contributed by atoms with Gasteiger partial charge >= 0.3 is 6.18 Å². The van der Waals surface area contributed by atoms with Gasteiger partial charge in [0.05, 0.1) is 17.7 Å². The molecule has 0 saturated carbocycles. The van der Waals surface area contributed by atoms with Crippen LogP contribution in [0.1, 0.15) is 40.7 Å². The Hall–Kier alpha value is -2.20. The Bertz CT molecular complexity index is 779. The monoisotopic (exact) mass is 431 g/mol. The van der Waals surface area contributed by atoms with Crippen LogP contribution in [0.2, 0.25) is 0 Å². The van der Waals surface area contributed by atoms with Gasteiger partial charge in [0, 0.05) is 31.7 Å². The van der Waals surface area contributed by atoms with E-state index in [-0.39, 0.29) is 35.5 Å². The molecule has 1 unspecified atom stereocenters. The van der Waals surface area contributed by atoms with Gasteiger partial charge in [-0.2, -0.15) is 13.2 Å². The molecule has 3 rings (SSSR count). The molecule has 2 saturated heterocycles. The molecule has 2 heterocycles. The highest BCUT2D eigenvalue weighted by molar-refractivity contribution is 5.94. The van der Waals surface area contributed by atoms with E-state index in [9.17, 15) is 32.3 Å². The average molecular weight is 431 g/mol. The van der Waals surface area contributed by atoms with Crippen LogP contribution in [-0.4, -0.2) is 60.1 Å². The van der Waals surface area contributed by atoms with Crippen molar-refractivity contribution in [2.24, 2.45) is 5.92 Å². The lowest BCUT2D eigenvalue weighted by Crippen LogP contribution is -2.48. The van der Waals surface area contributed by atoms with Crippen molar-refractivity contribution < 1.29 is 32.3 Å². The molecule has 2 aliphatic rings. The zero-order valence-corrected chi connectivity index (χ0v) is 16.3. The molecule has 2 amide bonds. The summed E-state index contributed by atoms with van der Waals surface area (Å²) in [5.41, 5.74) is -1.48. The molecule has 1 aromatic rings. The van der Waals surface area contributed by atoms with E-state index < -0.39 is 30.4 Å². The number of carbonyl (C=O) groups is 2.